The van der Waals surface area contributed by atoms with Gasteiger partial charge in [-0.3, -0.25) is 9.69 Å². The van der Waals surface area contributed by atoms with Crippen molar-refractivity contribution >= 4 is 12.0 Å². The van der Waals surface area contributed by atoms with Gasteiger partial charge in [0.25, 0.3) is 0 Å². The topological polar surface area (TPSA) is 86.8 Å². The Hall–Kier alpha value is -2.53. The molecule has 2 aromatic carbocycles. The van der Waals surface area contributed by atoms with Gasteiger partial charge < -0.3 is 15.9 Å². The molecule has 0 atom stereocenters. The maximum absolute atomic E-state index is 10.5. The number of aldehydes is 1. The summed E-state index contributed by atoms with van der Waals surface area (Å²) in [5, 5.41) is 18.6. The standard InChI is InChI=1S/C10H12O3.C9H12N2/c1-6(2)8-3-7(5-11)9(12)4-10(8)13;1-11-5-7-2-3-9(10)4-8(7)6-11/h3-6,12-13H,1-2H3;2-4H,5-6,10H2,1H3. The molecule has 24 heavy (non-hydrogen) atoms. The Kier molecular flexibility index (Phi) is 5.46. The summed E-state index contributed by atoms with van der Waals surface area (Å²) in [5.41, 5.74) is 10.2. The van der Waals surface area contributed by atoms with Gasteiger partial charge in [0, 0.05) is 24.8 Å². The molecule has 4 N–H and O–H groups in total. The Morgan fingerprint density at radius 1 is 1.08 bits per heavy atom. The molecular formula is C19H24N2O3. The molecular weight excluding hydrogens is 304 g/mol. The zero-order chi connectivity index (χ0) is 17.9. The second kappa shape index (κ2) is 7.36. The number of phenolic OH excluding ortho intramolecular Hbond substituents is 2. The van der Waals surface area contributed by atoms with E-state index in [0.29, 0.717) is 11.8 Å². The molecule has 0 fully saturated rings. The summed E-state index contributed by atoms with van der Waals surface area (Å²) in [6, 6.07) is 8.85. The molecule has 0 saturated heterocycles. The number of nitrogens with two attached hydrogens (primary N) is 1. The lowest BCUT2D eigenvalue weighted by molar-refractivity contribution is 0.112. The van der Waals surface area contributed by atoms with Crippen molar-refractivity contribution in [3.63, 3.8) is 0 Å². The Morgan fingerprint density at radius 3 is 2.38 bits per heavy atom. The smallest absolute Gasteiger partial charge is 0.153 e. The number of nitrogens with zero attached hydrogens (tertiary/aromatic N) is 1. The third-order valence-electron chi connectivity index (χ3n) is 4.04. The SMILES string of the molecule is CC(C)c1cc(C=O)c(O)cc1O.CN1Cc2ccc(N)cc2C1. The molecule has 0 radical (unpaired) electrons. The molecule has 0 saturated carbocycles. The van der Waals surface area contributed by atoms with Crippen molar-refractivity contribution in [2.75, 3.05) is 12.8 Å². The molecule has 128 valence electrons. The van der Waals surface area contributed by atoms with Gasteiger partial charge in [0.1, 0.15) is 11.5 Å². The van der Waals surface area contributed by atoms with Crippen molar-refractivity contribution in [3.8, 4) is 11.5 Å². The van der Waals surface area contributed by atoms with Crippen LogP contribution in [0.15, 0.2) is 30.3 Å². The molecule has 0 spiro atoms. The van der Waals surface area contributed by atoms with E-state index in [-0.39, 0.29) is 23.0 Å². The molecule has 0 bridgehead atoms. The van der Waals surface area contributed by atoms with E-state index in [1.54, 1.807) is 0 Å². The summed E-state index contributed by atoms with van der Waals surface area (Å²) in [5.74, 6) is -0.0331. The number of fused-ring (bicyclic) bond motifs is 1. The van der Waals surface area contributed by atoms with Crippen LogP contribution in [0.25, 0.3) is 0 Å². The lowest BCUT2D eigenvalue weighted by Gasteiger charge is -2.09. The molecule has 1 aliphatic rings. The number of hydrogen-bond acceptors (Lipinski definition) is 5. The Balaban J connectivity index is 0.000000175. The van der Waals surface area contributed by atoms with Gasteiger partial charge in [-0.25, -0.2) is 0 Å². The first-order valence-electron chi connectivity index (χ1n) is 7.88. The van der Waals surface area contributed by atoms with E-state index in [0.717, 1.165) is 18.8 Å². The van der Waals surface area contributed by atoms with Crippen molar-refractivity contribution < 1.29 is 15.0 Å². The number of anilines is 1. The molecule has 0 amide bonds. The first kappa shape index (κ1) is 17.8. The maximum atomic E-state index is 10.5. The molecule has 3 rings (SSSR count). The van der Waals surface area contributed by atoms with Crippen molar-refractivity contribution in [2.24, 2.45) is 0 Å². The zero-order valence-corrected chi connectivity index (χ0v) is 14.3. The van der Waals surface area contributed by atoms with E-state index in [1.165, 1.54) is 23.3 Å². The third kappa shape index (κ3) is 4.06. The van der Waals surface area contributed by atoms with Crippen LogP contribution in [-0.4, -0.2) is 28.4 Å². The van der Waals surface area contributed by atoms with Crippen molar-refractivity contribution in [1.29, 1.82) is 0 Å². The van der Waals surface area contributed by atoms with Crippen molar-refractivity contribution in [1.82, 2.24) is 4.90 Å². The van der Waals surface area contributed by atoms with E-state index in [9.17, 15) is 15.0 Å². The number of phenols is 2. The first-order valence-corrected chi connectivity index (χ1v) is 7.88. The molecule has 5 nitrogen and oxygen atoms in total. The van der Waals surface area contributed by atoms with Gasteiger partial charge in [-0.1, -0.05) is 19.9 Å². The van der Waals surface area contributed by atoms with Crippen LogP contribution in [0.2, 0.25) is 0 Å². The number of carbonyl (C=O) groups is 1. The van der Waals surface area contributed by atoms with Gasteiger partial charge >= 0.3 is 0 Å². The molecule has 2 aromatic rings. The van der Waals surface area contributed by atoms with Crippen LogP contribution in [0, 0.1) is 0 Å². The highest BCUT2D eigenvalue weighted by molar-refractivity contribution is 5.80. The molecule has 5 heteroatoms. The quantitative estimate of drug-likeness (QED) is 0.582. The van der Waals surface area contributed by atoms with Gasteiger partial charge in [-0.05, 0) is 47.9 Å². The Morgan fingerprint density at radius 2 is 1.75 bits per heavy atom. The molecule has 0 aliphatic carbocycles. The van der Waals surface area contributed by atoms with Crippen LogP contribution in [0.5, 0.6) is 11.5 Å². The summed E-state index contributed by atoms with van der Waals surface area (Å²) < 4.78 is 0. The van der Waals surface area contributed by atoms with E-state index in [4.69, 9.17) is 5.73 Å². The minimum absolute atomic E-state index is 0.0260. The highest BCUT2D eigenvalue weighted by Crippen LogP contribution is 2.31. The predicted octanol–water partition coefficient (Wildman–Crippen LogP) is 3.25. The molecule has 1 heterocycles. The normalized spacial score (nSPS) is 13.3. The average molecular weight is 328 g/mol. The summed E-state index contributed by atoms with van der Waals surface area (Å²) in [7, 11) is 2.12. The van der Waals surface area contributed by atoms with Crippen LogP contribution in [0.3, 0.4) is 0 Å². The first-order chi connectivity index (χ1) is 11.3. The van der Waals surface area contributed by atoms with Crippen LogP contribution >= 0.6 is 0 Å². The Bertz CT molecular complexity index is 742. The zero-order valence-electron chi connectivity index (χ0n) is 14.3. The van der Waals surface area contributed by atoms with Crippen molar-refractivity contribution in [2.45, 2.75) is 32.9 Å². The van der Waals surface area contributed by atoms with E-state index in [1.807, 2.05) is 19.9 Å². The summed E-state index contributed by atoms with van der Waals surface area (Å²) >= 11 is 0. The highest BCUT2D eigenvalue weighted by Gasteiger charge is 2.14. The van der Waals surface area contributed by atoms with E-state index in [2.05, 4.69) is 24.1 Å². The average Bonchev–Trinajstić information content (AvgIpc) is 2.87. The van der Waals surface area contributed by atoms with Gasteiger partial charge in [-0.2, -0.15) is 0 Å². The van der Waals surface area contributed by atoms with Gasteiger partial charge in [0.2, 0.25) is 0 Å². The monoisotopic (exact) mass is 328 g/mol. The molecule has 0 aromatic heterocycles. The number of carbonyl (C=O) groups excluding carboxylic acids is 1. The summed E-state index contributed by atoms with van der Waals surface area (Å²) in [4.78, 5) is 12.8. The largest absolute Gasteiger partial charge is 0.508 e. The number of rotatable bonds is 2. The van der Waals surface area contributed by atoms with Gasteiger partial charge in [0.05, 0.1) is 5.56 Å². The fraction of sp³-hybridized carbons (Fsp3) is 0.316. The number of hydrogen-bond donors (Lipinski definition) is 3. The predicted molar refractivity (Wildman–Crippen MR) is 95.3 cm³/mol. The fourth-order valence-electron chi connectivity index (χ4n) is 2.75. The van der Waals surface area contributed by atoms with Crippen LogP contribution in [-0.2, 0) is 13.1 Å². The summed E-state index contributed by atoms with van der Waals surface area (Å²) in [6.45, 7) is 5.91. The maximum Gasteiger partial charge on any atom is 0.153 e. The van der Waals surface area contributed by atoms with E-state index < -0.39 is 0 Å². The number of aromatic hydroxyl groups is 2. The molecule has 0 unspecified atom stereocenters. The minimum Gasteiger partial charge on any atom is -0.508 e. The number of benzene rings is 2. The lowest BCUT2D eigenvalue weighted by Crippen LogP contribution is -2.07. The summed E-state index contributed by atoms with van der Waals surface area (Å²) in [6.07, 6.45) is 0.570. The fourth-order valence-corrected chi connectivity index (χ4v) is 2.75. The van der Waals surface area contributed by atoms with Gasteiger partial charge in [0.15, 0.2) is 6.29 Å². The second-order valence-electron chi connectivity index (χ2n) is 6.44. The van der Waals surface area contributed by atoms with Crippen LogP contribution < -0.4 is 5.73 Å². The van der Waals surface area contributed by atoms with Crippen LogP contribution in [0.4, 0.5) is 5.69 Å². The lowest BCUT2D eigenvalue weighted by atomic mass is 9.99. The third-order valence-corrected chi connectivity index (χ3v) is 4.04. The minimum atomic E-state index is -0.183. The highest BCUT2D eigenvalue weighted by atomic mass is 16.3. The number of nitrogen functional groups attached to an aromatic ring is 1. The molecule has 1 aliphatic heterocycles. The van der Waals surface area contributed by atoms with E-state index >= 15 is 0 Å². The van der Waals surface area contributed by atoms with Crippen molar-refractivity contribution in [3.05, 3.63) is 52.6 Å². The Labute approximate surface area is 142 Å². The second-order valence-corrected chi connectivity index (χ2v) is 6.44. The van der Waals surface area contributed by atoms with Gasteiger partial charge in [-0.15, -0.1) is 0 Å². The van der Waals surface area contributed by atoms with Crippen LogP contribution in [0.1, 0.15) is 46.8 Å².